The molecule has 0 saturated heterocycles. The highest BCUT2D eigenvalue weighted by Crippen LogP contribution is 2.07. The van der Waals surface area contributed by atoms with Crippen LogP contribution in [0, 0.1) is 11.6 Å². The molecule has 5 heteroatoms. The van der Waals surface area contributed by atoms with Crippen LogP contribution < -0.4 is 0 Å². The van der Waals surface area contributed by atoms with Crippen molar-refractivity contribution in [2.24, 2.45) is 0 Å². The number of rotatable bonds is 4. The molecule has 0 aromatic heterocycles. The highest BCUT2D eigenvalue weighted by molar-refractivity contribution is 5.99. The van der Waals surface area contributed by atoms with Gasteiger partial charge in [-0.05, 0) is 48.5 Å². The normalized spacial score (nSPS) is 10.1. The van der Waals surface area contributed by atoms with Crippen LogP contribution in [0.1, 0.15) is 20.7 Å². The van der Waals surface area contributed by atoms with Crippen LogP contribution in [0.15, 0.2) is 48.5 Å². The first-order valence-electron chi connectivity index (χ1n) is 5.78. The Kier molecular flexibility index (Phi) is 4.20. The summed E-state index contributed by atoms with van der Waals surface area (Å²) >= 11 is 0. The van der Waals surface area contributed by atoms with Gasteiger partial charge < -0.3 is 4.74 Å². The van der Waals surface area contributed by atoms with Crippen LogP contribution in [0.3, 0.4) is 0 Å². The molecule has 2 rings (SSSR count). The van der Waals surface area contributed by atoms with E-state index in [9.17, 15) is 18.4 Å². The molecule has 0 heterocycles. The van der Waals surface area contributed by atoms with Gasteiger partial charge in [0.05, 0.1) is 5.56 Å². The number of benzene rings is 2. The summed E-state index contributed by atoms with van der Waals surface area (Å²) in [6.45, 7) is -0.457. The molecule has 0 aliphatic carbocycles. The number of hydrogen-bond acceptors (Lipinski definition) is 3. The van der Waals surface area contributed by atoms with Gasteiger partial charge in [0.1, 0.15) is 11.6 Å². The predicted molar refractivity (Wildman–Crippen MR) is 67.4 cm³/mol. The summed E-state index contributed by atoms with van der Waals surface area (Å²) in [4.78, 5) is 23.3. The van der Waals surface area contributed by atoms with E-state index in [0.717, 1.165) is 24.3 Å². The molecular weight excluding hydrogens is 266 g/mol. The van der Waals surface area contributed by atoms with Gasteiger partial charge in [0.2, 0.25) is 0 Å². The minimum Gasteiger partial charge on any atom is -0.454 e. The van der Waals surface area contributed by atoms with Gasteiger partial charge in [-0.2, -0.15) is 0 Å². The Balaban J connectivity index is 1.94. The molecule has 0 unspecified atom stereocenters. The quantitative estimate of drug-likeness (QED) is 0.637. The molecular formula is C15H10F2O3. The molecule has 0 fully saturated rings. The van der Waals surface area contributed by atoms with E-state index in [1.165, 1.54) is 24.3 Å². The maximum absolute atomic E-state index is 12.7. The van der Waals surface area contributed by atoms with Crippen LogP contribution in [-0.4, -0.2) is 18.4 Å². The molecule has 3 nitrogen and oxygen atoms in total. The van der Waals surface area contributed by atoms with E-state index in [4.69, 9.17) is 4.74 Å². The third kappa shape index (κ3) is 3.47. The summed E-state index contributed by atoms with van der Waals surface area (Å²) in [6, 6.07) is 9.69. The third-order valence-corrected chi connectivity index (χ3v) is 2.58. The molecule has 0 N–H and O–H groups in total. The second-order valence-electron chi connectivity index (χ2n) is 4.01. The molecule has 0 saturated carbocycles. The standard InChI is InChI=1S/C15H10F2O3/c16-12-5-1-10(2-6-12)14(18)9-20-15(19)11-3-7-13(17)8-4-11/h1-8H,9H2. The summed E-state index contributed by atoms with van der Waals surface area (Å²) < 4.78 is 30.2. The topological polar surface area (TPSA) is 43.4 Å². The van der Waals surface area contributed by atoms with Crippen molar-refractivity contribution in [2.75, 3.05) is 6.61 Å². The van der Waals surface area contributed by atoms with E-state index in [0.29, 0.717) is 0 Å². The zero-order valence-electron chi connectivity index (χ0n) is 10.3. The predicted octanol–water partition coefficient (Wildman–Crippen LogP) is 3.00. The Bertz CT molecular complexity index is 561. The average Bonchev–Trinajstić information content (AvgIpc) is 2.46. The zero-order valence-corrected chi connectivity index (χ0v) is 10.3. The lowest BCUT2D eigenvalue weighted by atomic mass is 10.1. The molecule has 0 spiro atoms. The molecule has 0 amide bonds. The third-order valence-electron chi connectivity index (χ3n) is 2.58. The van der Waals surface area contributed by atoms with Gasteiger partial charge in [-0.15, -0.1) is 0 Å². The maximum Gasteiger partial charge on any atom is 0.338 e. The number of halogens is 2. The lowest BCUT2D eigenvalue weighted by Gasteiger charge is -2.04. The molecule has 0 atom stereocenters. The second kappa shape index (κ2) is 6.06. The second-order valence-corrected chi connectivity index (χ2v) is 4.01. The maximum atomic E-state index is 12.7. The molecule has 0 radical (unpaired) electrons. The number of carbonyl (C=O) groups is 2. The first kappa shape index (κ1) is 13.9. The fourth-order valence-corrected chi connectivity index (χ4v) is 1.52. The molecule has 0 aliphatic rings. The van der Waals surface area contributed by atoms with Crippen molar-refractivity contribution >= 4 is 11.8 Å². The fourth-order valence-electron chi connectivity index (χ4n) is 1.52. The van der Waals surface area contributed by atoms with Crippen molar-refractivity contribution in [1.82, 2.24) is 0 Å². The van der Waals surface area contributed by atoms with Crippen molar-refractivity contribution in [3.63, 3.8) is 0 Å². The number of ketones is 1. The van der Waals surface area contributed by atoms with Crippen LogP contribution in [0.2, 0.25) is 0 Å². The average molecular weight is 276 g/mol. The first-order valence-corrected chi connectivity index (χ1v) is 5.78. The van der Waals surface area contributed by atoms with Crippen LogP contribution in [0.25, 0.3) is 0 Å². The van der Waals surface area contributed by atoms with E-state index in [2.05, 4.69) is 0 Å². The number of hydrogen-bond donors (Lipinski definition) is 0. The molecule has 0 aliphatic heterocycles. The summed E-state index contributed by atoms with van der Waals surface area (Å²) in [5.74, 6) is -2.09. The minimum absolute atomic E-state index is 0.151. The van der Waals surface area contributed by atoms with Crippen LogP contribution in [0.5, 0.6) is 0 Å². The Labute approximate surface area is 113 Å². The molecule has 20 heavy (non-hydrogen) atoms. The van der Waals surface area contributed by atoms with Gasteiger partial charge in [0.15, 0.2) is 12.4 Å². The van der Waals surface area contributed by atoms with Gasteiger partial charge in [-0.1, -0.05) is 0 Å². The van der Waals surface area contributed by atoms with Crippen molar-refractivity contribution in [3.05, 3.63) is 71.3 Å². The summed E-state index contributed by atoms with van der Waals surface area (Å²) in [7, 11) is 0. The Hall–Kier alpha value is -2.56. The lowest BCUT2D eigenvalue weighted by molar-refractivity contribution is 0.0474. The van der Waals surface area contributed by atoms with Gasteiger partial charge >= 0.3 is 5.97 Å². The molecule has 2 aromatic rings. The van der Waals surface area contributed by atoms with Gasteiger partial charge in [0.25, 0.3) is 0 Å². The lowest BCUT2D eigenvalue weighted by Crippen LogP contribution is -2.14. The van der Waals surface area contributed by atoms with Gasteiger partial charge in [0, 0.05) is 5.56 Å². The van der Waals surface area contributed by atoms with Crippen LogP contribution in [-0.2, 0) is 4.74 Å². The first-order chi connectivity index (χ1) is 9.56. The monoisotopic (exact) mass is 276 g/mol. The summed E-state index contributed by atoms with van der Waals surface area (Å²) in [5, 5.41) is 0. The Morgan fingerprint density at radius 1 is 0.800 bits per heavy atom. The number of Topliss-reactive ketones (excluding diaryl/α,β-unsaturated/α-hetero) is 1. The number of carbonyl (C=O) groups excluding carboxylic acids is 2. The molecule has 0 bridgehead atoms. The van der Waals surface area contributed by atoms with Gasteiger partial charge in [-0.3, -0.25) is 4.79 Å². The van der Waals surface area contributed by atoms with E-state index in [1.54, 1.807) is 0 Å². The summed E-state index contributed by atoms with van der Waals surface area (Å²) in [5.41, 5.74) is 0.400. The Morgan fingerprint density at radius 3 is 1.75 bits per heavy atom. The van der Waals surface area contributed by atoms with Crippen molar-refractivity contribution < 1.29 is 23.1 Å². The van der Waals surface area contributed by atoms with E-state index >= 15 is 0 Å². The highest BCUT2D eigenvalue weighted by atomic mass is 19.1. The van der Waals surface area contributed by atoms with E-state index < -0.39 is 30.0 Å². The highest BCUT2D eigenvalue weighted by Gasteiger charge is 2.11. The summed E-state index contributed by atoms with van der Waals surface area (Å²) in [6.07, 6.45) is 0. The smallest absolute Gasteiger partial charge is 0.338 e. The van der Waals surface area contributed by atoms with Crippen molar-refractivity contribution in [3.8, 4) is 0 Å². The van der Waals surface area contributed by atoms with Crippen LogP contribution in [0.4, 0.5) is 8.78 Å². The van der Waals surface area contributed by atoms with Crippen molar-refractivity contribution in [1.29, 1.82) is 0 Å². The number of ether oxygens (including phenoxy) is 1. The van der Waals surface area contributed by atoms with E-state index in [-0.39, 0.29) is 11.1 Å². The Morgan fingerprint density at radius 2 is 1.25 bits per heavy atom. The molecule has 2 aromatic carbocycles. The minimum atomic E-state index is -0.722. The SMILES string of the molecule is O=C(COC(=O)c1ccc(F)cc1)c1ccc(F)cc1. The molecule has 102 valence electrons. The van der Waals surface area contributed by atoms with Crippen molar-refractivity contribution in [2.45, 2.75) is 0 Å². The zero-order chi connectivity index (χ0) is 14.5. The fraction of sp³-hybridized carbons (Fsp3) is 0.0667. The van der Waals surface area contributed by atoms with Crippen LogP contribution >= 0.6 is 0 Å². The van der Waals surface area contributed by atoms with E-state index in [1.807, 2.05) is 0 Å². The number of esters is 1. The largest absolute Gasteiger partial charge is 0.454 e. The van der Waals surface area contributed by atoms with Gasteiger partial charge in [-0.25, -0.2) is 13.6 Å².